The van der Waals surface area contributed by atoms with Crippen molar-refractivity contribution in [1.29, 1.82) is 0 Å². The van der Waals surface area contributed by atoms with E-state index in [9.17, 15) is 4.79 Å². The highest BCUT2D eigenvalue weighted by atomic mass is 32.2. The normalized spacial score (nSPS) is 10.7. The van der Waals surface area contributed by atoms with Gasteiger partial charge in [-0.1, -0.05) is 0 Å². The highest BCUT2D eigenvalue weighted by Gasteiger charge is 2.15. The van der Waals surface area contributed by atoms with Gasteiger partial charge in [0.15, 0.2) is 16.0 Å². The SMILES string of the molecule is Cc1csc(NC(=O)c2nc(Sc3nccn3C)ccc2N)n1. The molecule has 0 aromatic carbocycles. The Morgan fingerprint density at radius 1 is 1.39 bits per heavy atom. The molecule has 0 aliphatic carbocycles. The van der Waals surface area contributed by atoms with Gasteiger partial charge in [-0.25, -0.2) is 15.0 Å². The summed E-state index contributed by atoms with van der Waals surface area (Å²) in [5.74, 6) is -0.376. The zero-order chi connectivity index (χ0) is 16.4. The number of aryl methyl sites for hydroxylation is 2. The number of rotatable bonds is 4. The maximum Gasteiger partial charge on any atom is 0.278 e. The summed E-state index contributed by atoms with van der Waals surface area (Å²) in [6.45, 7) is 1.86. The van der Waals surface area contributed by atoms with Gasteiger partial charge in [-0.05, 0) is 30.8 Å². The number of carbonyl (C=O) groups is 1. The van der Waals surface area contributed by atoms with E-state index in [4.69, 9.17) is 5.73 Å². The van der Waals surface area contributed by atoms with Gasteiger partial charge in [0.05, 0.1) is 11.4 Å². The molecule has 0 bridgehead atoms. The molecule has 3 aromatic heterocycles. The molecule has 0 fully saturated rings. The van der Waals surface area contributed by atoms with Crippen LogP contribution in [0.3, 0.4) is 0 Å². The van der Waals surface area contributed by atoms with Crippen LogP contribution in [0, 0.1) is 6.92 Å². The molecule has 9 heteroatoms. The molecule has 3 N–H and O–H groups in total. The fraction of sp³-hybridized carbons (Fsp3) is 0.143. The molecule has 7 nitrogen and oxygen atoms in total. The van der Waals surface area contributed by atoms with Crippen molar-refractivity contribution >= 4 is 39.8 Å². The molecule has 23 heavy (non-hydrogen) atoms. The van der Waals surface area contributed by atoms with Gasteiger partial charge in [0.2, 0.25) is 0 Å². The number of nitrogen functional groups attached to an aromatic ring is 1. The summed E-state index contributed by atoms with van der Waals surface area (Å²) < 4.78 is 1.88. The number of pyridine rings is 1. The number of amides is 1. The Morgan fingerprint density at radius 2 is 2.22 bits per heavy atom. The monoisotopic (exact) mass is 346 g/mol. The first-order valence-corrected chi connectivity index (χ1v) is 8.37. The summed E-state index contributed by atoms with van der Waals surface area (Å²) >= 11 is 2.72. The predicted molar refractivity (Wildman–Crippen MR) is 90.8 cm³/mol. The van der Waals surface area contributed by atoms with Gasteiger partial charge in [0.1, 0.15) is 5.03 Å². The first kappa shape index (κ1) is 15.5. The molecule has 118 valence electrons. The van der Waals surface area contributed by atoms with Gasteiger partial charge in [0, 0.05) is 24.8 Å². The lowest BCUT2D eigenvalue weighted by molar-refractivity contribution is 0.102. The van der Waals surface area contributed by atoms with E-state index in [0.29, 0.717) is 15.8 Å². The number of nitrogens with zero attached hydrogens (tertiary/aromatic N) is 4. The number of nitrogens with one attached hydrogen (secondary N) is 1. The molecule has 3 rings (SSSR count). The van der Waals surface area contributed by atoms with Crippen molar-refractivity contribution in [3.05, 3.63) is 41.3 Å². The third kappa shape index (κ3) is 3.51. The number of hydrogen-bond donors (Lipinski definition) is 2. The zero-order valence-electron chi connectivity index (χ0n) is 12.5. The molecular formula is C14H14N6OS2. The van der Waals surface area contributed by atoms with Crippen LogP contribution >= 0.6 is 23.1 Å². The van der Waals surface area contributed by atoms with Crippen LogP contribution < -0.4 is 11.1 Å². The van der Waals surface area contributed by atoms with Crippen molar-refractivity contribution < 1.29 is 4.79 Å². The van der Waals surface area contributed by atoms with Gasteiger partial charge >= 0.3 is 0 Å². The first-order chi connectivity index (χ1) is 11.0. The van der Waals surface area contributed by atoms with Gasteiger partial charge in [-0.15, -0.1) is 11.3 Å². The number of thiazole rings is 1. The second-order valence-corrected chi connectivity index (χ2v) is 6.60. The molecule has 0 radical (unpaired) electrons. The predicted octanol–water partition coefficient (Wildman–Crippen LogP) is 2.57. The van der Waals surface area contributed by atoms with E-state index in [-0.39, 0.29) is 11.6 Å². The molecule has 0 aliphatic rings. The molecular weight excluding hydrogens is 332 g/mol. The minimum Gasteiger partial charge on any atom is -0.397 e. The third-order valence-electron chi connectivity index (χ3n) is 2.93. The van der Waals surface area contributed by atoms with Crippen LogP contribution in [-0.4, -0.2) is 25.4 Å². The van der Waals surface area contributed by atoms with Crippen molar-refractivity contribution in [2.24, 2.45) is 7.05 Å². The van der Waals surface area contributed by atoms with Crippen molar-refractivity contribution in [2.45, 2.75) is 17.1 Å². The van der Waals surface area contributed by atoms with Crippen LogP contribution in [0.1, 0.15) is 16.2 Å². The van der Waals surface area contributed by atoms with Crippen LogP contribution in [0.15, 0.2) is 40.1 Å². The molecule has 0 saturated heterocycles. The van der Waals surface area contributed by atoms with E-state index >= 15 is 0 Å². The topological polar surface area (TPSA) is 98.7 Å². The molecule has 0 aliphatic heterocycles. The molecule has 3 aromatic rings. The minimum atomic E-state index is -0.376. The number of aromatic nitrogens is 4. The molecule has 3 heterocycles. The number of carbonyl (C=O) groups excluding carboxylic acids is 1. The maximum atomic E-state index is 12.3. The highest BCUT2D eigenvalue weighted by molar-refractivity contribution is 7.99. The Morgan fingerprint density at radius 3 is 2.87 bits per heavy atom. The van der Waals surface area contributed by atoms with Crippen LogP contribution in [0.25, 0.3) is 0 Å². The Labute approximate surface area is 141 Å². The lowest BCUT2D eigenvalue weighted by Gasteiger charge is -2.07. The van der Waals surface area contributed by atoms with Crippen molar-refractivity contribution in [3.8, 4) is 0 Å². The van der Waals surface area contributed by atoms with E-state index in [0.717, 1.165) is 10.9 Å². The number of anilines is 2. The number of nitrogens with two attached hydrogens (primary N) is 1. The molecule has 0 saturated carbocycles. The smallest absolute Gasteiger partial charge is 0.278 e. The van der Waals surface area contributed by atoms with Crippen LogP contribution in [0.4, 0.5) is 10.8 Å². The summed E-state index contributed by atoms with van der Waals surface area (Å²) in [7, 11) is 1.89. The van der Waals surface area contributed by atoms with Crippen LogP contribution in [0.2, 0.25) is 0 Å². The Kier molecular flexibility index (Phi) is 4.30. The summed E-state index contributed by atoms with van der Waals surface area (Å²) in [6.07, 6.45) is 3.55. The standard InChI is InChI=1S/C14H14N6OS2/c1-8-7-22-13(17-8)19-12(21)11-9(15)3-4-10(18-11)23-14-16-5-6-20(14)2/h3-7H,15H2,1-2H3,(H,17,19,21). The first-order valence-electron chi connectivity index (χ1n) is 6.68. The molecule has 1 amide bonds. The van der Waals surface area contributed by atoms with E-state index in [2.05, 4.69) is 20.3 Å². The number of hydrogen-bond acceptors (Lipinski definition) is 7. The van der Waals surface area contributed by atoms with Gasteiger partial charge in [0.25, 0.3) is 5.91 Å². The lowest BCUT2D eigenvalue weighted by atomic mass is 10.3. The highest BCUT2D eigenvalue weighted by Crippen LogP contribution is 2.26. The Bertz CT molecular complexity index is 857. The van der Waals surface area contributed by atoms with E-state index in [1.807, 2.05) is 30.1 Å². The molecule has 0 atom stereocenters. The average molecular weight is 346 g/mol. The largest absolute Gasteiger partial charge is 0.397 e. The van der Waals surface area contributed by atoms with E-state index < -0.39 is 0 Å². The second kappa shape index (κ2) is 6.39. The van der Waals surface area contributed by atoms with Crippen molar-refractivity contribution in [2.75, 3.05) is 11.1 Å². The zero-order valence-corrected chi connectivity index (χ0v) is 14.1. The molecule has 0 unspecified atom stereocenters. The summed E-state index contributed by atoms with van der Waals surface area (Å²) in [5.41, 5.74) is 7.23. The summed E-state index contributed by atoms with van der Waals surface area (Å²) in [5, 5.41) is 6.53. The fourth-order valence-electron chi connectivity index (χ4n) is 1.80. The minimum absolute atomic E-state index is 0.178. The second-order valence-electron chi connectivity index (χ2n) is 4.76. The third-order valence-corrected chi connectivity index (χ3v) is 4.82. The average Bonchev–Trinajstić information content (AvgIpc) is 3.10. The van der Waals surface area contributed by atoms with Crippen LogP contribution in [-0.2, 0) is 7.05 Å². The Hall–Kier alpha value is -2.39. The lowest BCUT2D eigenvalue weighted by Crippen LogP contribution is -2.16. The van der Waals surface area contributed by atoms with Gasteiger partial charge in [-0.2, -0.15) is 0 Å². The van der Waals surface area contributed by atoms with E-state index in [1.165, 1.54) is 23.1 Å². The summed E-state index contributed by atoms with van der Waals surface area (Å²) in [6, 6.07) is 3.43. The summed E-state index contributed by atoms with van der Waals surface area (Å²) in [4.78, 5) is 25.1. The van der Waals surface area contributed by atoms with Gasteiger partial charge in [-0.3, -0.25) is 10.1 Å². The quantitative estimate of drug-likeness (QED) is 0.753. The van der Waals surface area contributed by atoms with Crippen LogP contribution in [0.5, 0.6) is 0 Å². The molecule has 0 spiro atoms. The van der Waals surface area contributed by atoms with E-state index in [1.54, 1.807) is 18.3 Å². The Balaban J connectivity index is 1.82. The van der Waals surface area contributed by atoms with Gasteiger partial charge < -0.3 is 10.3 Å². The maximum absolute atomic E-state index is 12.3. The number of imidazole rings is 1. The van der Waals surface area contributed by atoms with Crippen molar-refractivity contribution in [3.63, 3.8) is 0 Å². The van der Waals surface area contributed by atoms with Crippen molar-refractivity contribution in [1.82, 2.24) is 19.5 Å². The fourth-order valence-corrected chi connectivity index (χ4v) is 3.26.